The number of methoxy groups -OCH3 is 2. The average molecular weight is 420 g/mol. The van der Waals surface area contributed by atoms with Gasteiger partial charge in [0.2, 0.25) is 0 Å². The van der Waals surface area contributed by atoms with Crippen molar-refractivity contribution < 1.29 is 14.3 Å². The zero-order valence-electron chi connectivity index (χ0n) is 18.4. The van der Waals surface area contributed by atoms with Crippen LogP contribution in [0.1, 0.15) is 41.0 Å². The average Bonchev–Trinajstić information content (AvgIpc) is 2.99. The second kappa shape index (κ2) is 9.25. The SMILES string of the molecule is COc1ccc(CN(C)C(=O)c2nc(-c3ccccc3)n3c2CCCCC3)c(OC)c1. The molecule has 0 saturated heterocycles. The first-order valence-corrected chi connectivity index (χ1v) is 10.7. The molecule has 2 heterocycles. The number of ether oxygens (including phenoxy) is 2. The third-order valence-electron chi connectivity index (χ3n) is 5.85. The van der Waals surface area contributed by atoms with Gasteiger partial charge in [-0.3, -0.25) is 4.79 Å². The predicted molar refractivity (Wildman–Crippen MR) is 121 cm³/mol. The van der Waals surface area contributed by atoms with E-state index in [0.29, 0.717) is 18.0 Å². The van der Waals surface area contributed by atoms with Crippen molar-refractivity contribution in [3.8, 4) is 22.9 Å². The van der Waals surface area contributed by atoms with Crippen LogP contribution in [-0.4, -0.2) is 41.6 Å². The van der Waals surface area contributed by atoms with Crippen LogP contribution in [0.4, 0.5) is 0 Å². The number of rotatable bonds is 6. The molecule has 6 nitrogen and oxygen atoms in total. The van der Waals surface area contributed by atoms with Gasteiger partial charge < -0.3 is 18.9 Å². The second-order valence-electron chi connectivity index (χ2n) is 7.90. The molecule has 0 atom stereocenters. The molecule has 1 aliphatic rings. The fourth-order valence-electron chi connectivity index (χ4n) is 4.19. The van der Waals surface area contributed by atoms with Crippen LogP contribution in [-0.2, 0) is 19.5 Å². The topological polar surface area (TPSA) is 56.6 Å². The lowest BCUT2D eigenvalue weighted by Crippen LogP contribution is -2.28. The van der Waals surface area contributed by atoms with Gasteiger partial charge in [0, 0.05) is 37.3 Å². The highest BCUT2D eigenvalue weighted by Gasteiger charge is 2.26. The molecule has 1 aliphatic heterocycles. The van der Waals surface area contributed by atoms with Gasteiger partial charge in [-0.25, -0.2) is 4.98 Å². The van der Waals surface area contributed by atoms with Crippen molar-refractivity contribution in [3.05, 3.63) is 65.5 Å². The minimum atomic E-state index is -0.0642. The van der Waals surface area contributed by atoms with Gasteiger partial charge in [-0.2, -0.15) is 0 Å². The van der Waals surface area contributed by atoms with Gasteiger partial charge in [0.1, 0.15) is 23.0 Å². The van der Waals surface area contributed by atoms with E-state index in [1.54, 1.807) is 19.1 Å². The first-order chi connectivity index (χ1) is 15.1. The molecule has 31 heavy (non-hydrogen) atoms. The molecule has 0 N–H and O–H groups in total. The normalized spacial score (nSPS) is 13.3. The molecule has 1 aromatic heterocycles. The number of amides is 1. The summed E-state index contributed by atoms with van der Waals surface area (Å²) in [6, 6.07) is 15.8. The zero-order valence-corrected chi connectivity index (χ0v) is 18.4. The summed E-state index contributed by atoms with van der Waals surface area (Å²) in [5.41, 5.74) is 3.59. The molecule has 0 unspecified atom stereocenters. The van der Waals surface area contributed by atoms with Crippen molar-refractivity contribution in [1.29, 1.82) is 0 Å². The highest BCUT2D eigenvalue weighted by Crippen LogP contribution is 2.29. The molecule has 4 rings (SSSR count). The smallest absolute Gasteiger partial charge is 0.274 e. The highest BCUT2D eigenvalue weighted by atomic mass is 16.5. The Morgan fingerprint density at radius 3 is 2.61 bits per heavy atom. The van der Waals surface area contributed by atoms with Crippen molar-refractivity contribution in [1.82, 2.24) is 14.5 Å². The molecule has 0 aliphatic carbocycles. The number of hydrogen-bond donors (Lipinski definition) is 0. The van der Waals surface area contributed by atoms with Gasteiger partial charge in [0.05, 0.1) is 19.9 Å². The molecular weight excluding hydrogens is 390 g/mol. The molecular formula is C25H29N3O3. The van der Waals surface area contributed by atoms with Crippen LogP contribution < -0.4 is 9.47 Å². The summed E-state index contributed by atoms with van der Waals surface area (Å²) in [6.07, 6.45) is 4.23. The molecule has 2 aromatic carbocycles. The maximum absolute atomic E-state index is 13.5. The number of fused-ring (bicyclic) bond motifs is 1. The van der Waals surface area contributed by atoms with Crippen molar-refractivity contribution in [2.45, 2.75) is 38.8 Å². The molecule has 6 heteroatoms. The molecule has 0 fully saturated rings. The van der Waals surface area contributed by atoms with Gasteiger partial charge in [-0.05, 0) is 31.4 Å². The lowest BCUT2D eigenvalue weighted by atomic mass is 10.1. The number of benzene rings is 2. The summed E-state index contributed by atoms with van der Waals surface area (Å²) in [5, 5.41) is 0. The third-order valence-corrected chi connectivity index (χ3v) is 5.85. The lowest BCUT2D eigenvalue weighted by Gasteiger charge is -2.19. The summed E-state index contributed by atoms with van der Waals surface area (Å²) >= 11 is 0. The Labute approximate surface area is 183 Å². The summed E-state index contributed by atoms with van der Waals surface area (Å²) in [7, 11) is 5.07. The fraction of sp³-hybridized carbons (Fsp3) is 0.360. The van der Waals surface area contributed by atoms with Crippen LogP contribution in [0.3, 0.4) is 0 Å². The summed E-state index contributed by atoms with van der Waals surface area (Å²) < 4.78 is 13.0. The molecule has 0 saturated carbocycles. The fourth-order valence-corrected chi connectivity index (χ4v) is 4.19. The Kier molecular flexibility index (Phi) is 6.26. The van der Waals surface area contributed by atoms with Gasteiger partial charge >= 0.3 is 0 Å². The first kappa shape index (κ1) is 21.0. The van der Waals surface area contributed by atoms with Crippen LogP contribution in [0.15, 0.2) is 48.5 Å². The van der Waals surface area contributed by atoms with E-state index in [0.717, 1.165) is 54.2 Å². The monoisotopic (exact) mass is 419 g/mol. The minimum Gasteiger partial charge on any atom is -0.497 e. The minimum absolute atomic E-state index is 0.0642. The van der Waals surface area contributed by atoms with Crippen molar-refractivity contribution in [3.63, 3.8) is 0 Å². The number of imidazole rings is 1. The van der Waals surface area contributed by atoms with E-state index in [1.165, 1.54) is 6.42 Å². The molecule has 0 bridgehead atoms. The number of carbonyl (C=O) groups is 1. The van der Waals surface area contributed by atoms with E-state index < -0.39 is 0 Å². The van der Waals surface area contributed by atoms with Gasteiger partial charge in [-0.1, -0.05) is 36.8 Å². The molecule has 3 aromatic rings. The van der Waals surface area contributed by atoms with E-state index in [4.69, 9.17) is 14.5 Å². The van der Waals surface area contributed by atoms with Crippen molar-refractivity contribution in [2.75, 3.05) is 21.3 Å². The third kappa shape index (κ3) is 4.29. The van der Waals surface area contributed by atoms with E-state index in [2.05, 4.69) is 16.7 Å². The van der Waals surface area contributed by atoms with E-state index in [-0.39, 0.29) is 5.91 Å². The standard InChI is InChI=1S/C25H29N3O3/c1-27(17-19-13-14-20(30-2)16-22(19)31-3)25(29)23-21-12-8-5-9-15-28(21)24(26-23)18-10-6-4-7-11-18/h4,6-7,10-11,13-14,16H,5,8-9,12,15,17H2,1-3H3. The van der Waals surface area contributed by atoms with Crippen molar-refractivity contribution >= 4 is 5.91 Å². The van der Waals surface area contributed by atoms with E-state index >= 15 is 0 Å². The Morgan fingerprint density at radius 1 is 1.06 bits per heavy atom. The predicted octanol–water partition coefficient (Wildman–Crippen LogP) is 4.57. The first-order valence-electron chi connectivity index (χ1n) is 10.7. The summed E-state index contributed by atoms with van der Waals surface area (Å²) in [5.74, 6) is 2.25. The van der Waals surface area contributed by atoms with Crippen LogP contribution in [0, 0.1) is 0 Å². The maximum atomic E-state index is 13.5. The number of nitrogens with zero attached hydrogens (tertiary/aromatic N) is 3. The van der Waals surface area contributed by atoms with E-state index in [9.17, 15) is 4.79 Å². The van der Waals surface area contributed by atoms with Crippen LogP contribution >= 0.6 is 0 Å². The van der Waals surface area contributed by atoms with Crippen molar-refractivity contribution in [2.24, 2.45) is 0 Å². The summed E-state index contributed by atoms with van der Waals surface area (Å²) in [4.78, 5) is 20.1. The number of aromatic nitrogens is 2. The van der Waals surface area contributed by atoms with Gasteiger partial charge in [-0.15, -0.1) is 0 Å². The molecule has 0 spiro atoms. The Hall–Kier alpha value is -3.28. The number of hydrogen-bond acceptors (Lipinski definition) is 4. The van der Waals surface area contributed by atoms with E-state index in [1.807, 2.05) is 43.4 Å². The Bertz CT molecular complexity index is 1060. The van der Waals surface area contributed by atoms with Gasteiger partial charge in [0.25, 0.3) is 5.91 Å². The second-order valence-corrected chi connectivity index (χ2v) is 7.90. The van der Waals surface area contributed by atoms with Crippen LogP contribution in [0.2, 0.25) is 0 Å². The Morgan fingerprint density at radius 2 is 1.87 bits per heavy atom. The molecule has 162 valence electrons. The van der Waals surface area contributed by atoms with Crippen LogP contribution in [0.5, 0.6) is 11.5 Å². The highest BCUT2D eigenvalue weighted by molar-refractivity contribution is 5.94. The number of carbonyl (C=O) groups excluding carboxylic acids is 1. The largest absolute Gasteiger partial charge is 0.497 e. The summed E-state index contributed by atoms with van der Waals surface area (Å²) in [6.45, 7) is 1.33. The van der Waals surface area contributed by atoms with Crippen LogP contribution in [0.25, 0.3) is 11.4 Å². The Balaban J connectivity index is 1.66. The zero-order chi connectivity index (χ0) is 21.8. The quantitative estimate of drug-likeness (QED) is 0.587. The molecule has 1 amide bonds. The maximum Gasteiger partial charge on any atom is 0.274 e. The van der Waals surface area contributed by atoms with Gasteiger partial charge in [0.15, 0.2) is 0 Å². The lowest BCUT2D eigenvalue weighted by molar-refractivity contribution is 0.0777. The molecule has 0 radical (unpaired) electrons.